The maximum absolute atomic E-state index is 10.3. The fourth-order valence-corrected chi connectivity index (χ4v) is 3.50. The lowest BCUT2D eigenvalue weighted by atomic mass is 10.1. The molecular weight excluding hydrogens is 454 g/mol. The zero-order chi connectivity index (χ0) is 19.8. The van der Waals surface area contributed by atoms with Gasteiger partial charge < -0.3 is 19.9 Å². The zero-order valence-corrected chi connectivity index (χ0v) is 18.6. The van der Waals surface area contributed by atoms with Gasteiger partial charge in [0.1, 0.15) is 6.61 Å². The molecule has 2 N–H and O–H groups in total. The molecule has 6 heteroatoms. The SMILES string of the molecule is COc1cc(CNCC(O)c2ccccc2)cc(Br)c1OCc1ccccc1.Cl. The Labute approximate surface area is 186 Å². The molecule has 0 aliphatic carbocycles. The zero-order valence-electron chi connectivity index (χ0n) is 16.2. The fourth-order valence-electron chi connectivity index (χ4n) is 2.89. The highest BCUT2D eigenvalue weighted by Gasteiger charge is 2.13. The summed E-state index contributed by atoms with van der Waals surface area (Å²) in [5.41, 5.74) is 3.03. The van der Waals surface area contributed by atoms with Crippen molar-refractivity contribution in [1.29, 1.82) is 0 Å². The minimum absolute atomic E-state index is 0. The number of hydrogen-bond donors (Lipinski definition) is 2. The van der Waals surface area contributed by atoms with Crippen LogP contribution in [-0.2, 0) is 13.2 Å². The second-order valence-electron chi connectivity index (χ2n) is 6.44. The van der Waals surface area contributed by atoms with Crippen LogP contribution in [0.1, 0.15) is 22.8 Å². The molecule has 0 bridgehead atoms. The average molecular weight is 479 g/mol. The molecule has 0 saturated carbocycles. The first-order valence-corrected chi connectivity index (χ1v) is 9.93. The van der Waals surface area contributed by atoms with Gasteiger partial charge in [-0.15, -0.1) is 12.4 Å². The van der Waals surface area contributed by atoms with Crippen LogP contribution in [0.4, 0.5) is 0 Å². The van der Waals surface area contributed by atoms with Crippen molar-refractivity contribution in [2.45, 2.75) is 19.3 Å². The van der Waals surface area contributed by atoms with Gasteiger partial charge in [-0.3, -0.25) is 0 Å². The number of benzene rings is 3. The van der Waals surface area contributed by atoms with Gasteiger partial charge in [-0.25, -0.2) is 0 Å². The summed E-state index contributed by atoms with van der Waals surface area (Å²) in [4.78, 5) is 0. The molecule has 1 unspecified atom stereocenters. The summed E-state index contributed by atoms with van der Waals surface area (Å²) >= 11 is 3.59. The van der Waals surface area contributed by atoms with Crippen molar-refractivity contribution in [1.82, 2.24) is 5.32 Å². The van der Waals surface area contributed by atoms with E-state index in [4.69, 9.17) is 9.47 Å². The highest BCUT2D eigenvalue weighted by Crippen LogP contribution is 2.37. The summed E-state index contributed by atoms with van der Waals surface area (Å²) < 4.78 is 12.3. The lowest BCUT2D eigenvalue weighted by molar-refractivity contribution is 0.174. The second kappa shape index (κ2) is 11.8. The highest BCUT2D eigenvalue weighted by atomic mass is 79.9. The summed E-state index contributed by atoms with van der Waals surface area (Å²) in [6.45, 7) is 1.55. The lowest BCUT2D eigenvalue weighted by Gasteiger charge is -2.16. The van der Waals surface area contributed by atoms with Crippen molar-refractivity contribution < 1.29 is 14.6 Å². The Balaban J connectivity index is 0.00000300. The average Bonchev–Trinajstić information content (AvgIpc) is 2.74. The van der Waals surface area contributed by atoms with E-state index in [0.29, 0.717) is 31.2 Å². The van der Waals surface area contributed by atoms with Crippen molar-refractivity contribution in [3.05, 3.63) is 94.0 Å². The largest absolute Gasteiger partial charge is 0.493 e. The third-order valence-corrected chi connectivity index (χ3v) is 4.96. The van der Waals surface area contributed by atoms with Crippen LogP contribution in [0.2, 0.25) is 0 Å². The van der Waals surface area contributed by atoms with Gasteiger partial charge in [0.25, 0.3) is 0 Å². The van der Waals surface area contributed by atoms with Gasteiger partial charge in [-0.1, -0.05) is 60.7 Å². The predicted octanol–water partition coefficient (Wildman–Crippen LogP) is 5.28. The first kappa shape index (κ1) is 23.2. The predicted molar refractivity (Wildman–Crippen MR) is 122 cm³/mol. The summed E-state index contributed by atoms with van der Waals surface area (Å²) in [6.07, 6.45) is -0.542. The van der Waals surface area contributed by atoms with Crippen LogP contribution in [0, 0.1) is 0 Å². The van der Waals surface area contributed by atoms with E-state index in [2.05, 4.69) is 21.2 Å². The number of methoxy groups -OCH3 is 1. The van der Waals surface area contributed by atoms with Crippen LogP contribution < -0.4 is 14.8 Å². The molecule has 0 heterocycles. The first-order chi connectivity index (χ1) is 13.7. The maximum Gasteiger partial charge on any atom is 0.175 e. The molecule has 0 spiro atoms. The van der Waals surface area contributed by atoms with Gasteiger partial charge in [-0.2, -0.15) is 0 Å². The smallest absolute Gasteiger partial charge is 0.175 e. The molecule has 0 radical (unpaired) electrons. The Morgan fingerprint density at radius 3 is 2.28 bits per heavy atom. The Morgan fingerprint density at radius 2 is 1.62 bits per heavy atom. The summed E-state index contributed by atoms with van der Waals surface area (Å²) in [6, 6.07) is 23.6. The molecule has 154 valence electrons. The molecule has 0 aromatic heterocycles. The van der Waals surface area contributed by atoms with Crippen molar-refractivity contribution in [2.24, 2.45) is 0 Å². The van der Waals surface area contributed by atoms with Crippen LogP contribution in [0.5, 0.6) is 11.5 Å². The minimum atomic E-state index is -0.542. The van der Waals surface area contributed by atoms with Gasteiger partial charge in [0, 0.05) is 13.1 Å². The van der Waals surface area contributed by atoms with Crippen molar-refractivity contribution in [3.8, 4) is 11.5 Å². The third-order valence-electron chi connectivity index (χ3n) is 4.37. The van der Waals surface area contributed by atoms with E-state index in [1.807, 2.05) is 72.8 Å². The Bertz CT molecular complexity index is 878. The number of aliphatic hydroxyl groups excluding tert-OH is 1. The highest BCUT2D eigenvalue weighted by molar-refractivity contribution is 9.10. The molecule has 0 saturated heterocycles. The van der Waals surface area contributed by atoms with E-state index in [1.54, 1.807) is 7.11 Å². The monoisotopic (exact) mass is 477 g/mol. The topological polar surface area (TPSA) is 50.7 Å². The molecule has 29 heavy (non-hydrogen) atoms. The first-order valence-electron chi connectivity index (χ1n) is 9.14. The Hall–Kier alpha value is -2.05. The van der Waals surface area contributed by atoms with Crippen LogP contribution in [0.15, 0.2) is 77.3 Å². The van der Waals surface area contributed by atoms with Crippen LogP contribution in [-0.4, -0.2) is 18.8 Å². The van der Waals surface area contributed by atoms with Crippen LogP contribution >= 0.6 is 28.3 Å². The van der Waals surface area contributed by atoms with E-state index in [-0.39, 0.29) is 12.4 Å². The van der Waals surface area contributed by atoms with E-state index >= 15 is 0 Å². The summed E-state index contributed by atoms with van der Waals surface area (Å²) in [7, 11) is 1.63. The van der Waals surface area contributed by atoms with E-state index in [0.717, 1.165) is 21.2 Å². The van der Waals surface area contributed by atoms with Gasteiger partial charge in [0.05, 0.1) is 17.7 Å². The third kappa shape index (κ3) is 6.75. The molecule has 1 atom stereocenters. The number of aliphatic hydroxyl groups is 1. The molecular formula is C23H25BrClNO3. The normalized spacial score (nSPS) is 11.4. The van der Waals surface area contributed by atoms with Gasteiger partial charge in [-0.05, 0) is 44.8 Å². The van der Waals surface area contributed by atoms with Gasteiger partial charge in [0.15, 0.2) is 11.5 Å². The number of rotatable bonds is 9. The lowest BCUT2D eigenvalue weighted by Crippen LogP contribution is -2.21. The van der Waals surface area contributed by atoms with Crippen molar-refractivity contribution in [2.75, 3.05) is 13.7 Å². The minimum Gasteiger partial charge on any atom is -0.493 e. The second-order valence-corrected chi connectivity index (χ2v) is 7.30. The molecule has 0 amide bonds. The Kier molecular flexibility index (Phi) is 9.48. The molecule has 3 rings (SSSR count). The maximum atomic E-state index is 10.3. The molecule has 0 aliphatic rings. The molecule has 3 aromatic carbocycles. The molecule has 0 aliphatic heterocycles. The summed E-state index contributed by atoms with van der Waals surface area (Å²) in [5, 5.41) is 13.5. The number of halogens is 2. The van der Waals surface area contributed by atoms with E-state index < -0.39 is 6.10 Å². The summed E-state index contributed by atoms with van der Waals surface area (Å²) in [5.74, 6) is 1.35. The standard InChI is InChI=1S/C23H24BrNO3.ClH/c1-27-22-13-18(14-25-15-21(26)19-10-6-3-7-11-19)12-20(24)23(22)28-16-17-8-4-2-5-9-17;/h2-13,21,25-26H,14-16H2,1H3;1H. The fraction of sp³-hybridized carbons (Fsp3) is 0.217. The van der Waals surface area contributed by atoms with Gasteiger partial charge in [0.2, 0.25) is 0 Å². The Morgan fingerprint density at radius 1 is 0.966 bits per heavy atom. The molecule has 4 nitrogen and oxygen atoms in total. The van der Waals surface area contributed by atoms with Crippen LogP contribution in [0.3, 0.4) is 0 Å². The number of ether oxygens (including phenoxy) is 2. The molecule has 3 aromatic rings. The number of hydrogen-bond acceptors (Lipinski definition) is 4. The van der Waals surface area contributed by atoms with E-state index in [1.165, 1.54) is 0 Å². The van der Waals surface area contributed by atoms with Gasteiger partial charge >= 0.3 is 0 Å². The van der Waals surface area contributed by atoms with E-state index in [9.17, 15) is 5.11 Å². The molecule has 0 fully saturated rings. The van der Waals surface area contributed by atoms with Crippen molar-refractivity contribution >= 4 is 28.3 Å². The quantitative estimate of drug-likeness (QED) is 0.439. The van der Waals surface area contributed by atoms with Crippen molar-refractivity contribution in [3.63, 3.8) is 0 Å². The number of nitrogens with one attached hydrogen (secondary N) is 1. The van der Waals surface area contributed by atoms with Crippen LogP contribution in [0.25, 0.3) is 0 Å².